The number of carbonyl (C=O) groups is 4. The molecule has 5 aromatic carbocycles. The number of H-pyrrole nitrogens is 1. The number of nitrogens with one attached hydrogen (secondary N) is 3. The molecule has 0 spiro atoms. The van der Waals surface area contributed by atoms with Gasteiger partial charge < -0.3 is 34.9 Å². The number of ether oxygens (including phenoxy) is 2. The topological polar surface area (TPSA) is 158 Å². The number of carbonyl (C=O) groups excluding carboxylic acids is 4. The van der Waals surface area contributed by atoms with Gasteiger partial charge in [0, 0.05) is 49.6 Å². The van der Waals surface area contributed by atoms with E-state index in [4.69, 9.17) is 19.5 Å². The van der Waals surface area contributed by atoms with Crippen molar-refractivity contribution in [2.75, 3.05) is 33.9 Å². The van der Waals surface area contributed by atoms with Crippen molar-refractivity contribution in [3.63, 3.8) is 0 Å². The van der Waals surface area contributed by atoms with Crippen LogP contribution in [0.2, 0.25) is 0 Å². The Labute approximate surface area is 390 Å². The van der Waals surface area contributed by atoms with E-state index >= 15 is 0 Å². The standard InChI is InChI=1S/C54H59N7O6/c1-30(2)47(59-54(65)67-5)52(63)60-27-31(3)22-46(60)50-56-43-21-17-38-25-36(15-19-40(38)49(43)57-50)35-14-18-39-37(24-35)16-20-42-41(39)26-44(55-42)45-23-32(29-66-4)28-61(45)53(64)48(33-10-7-6-8-11-33)58-51(62)34-12-9-13-34/h6-8,10-11,14-21,24-25,30-32,34,45-48H,9,12-13,22-23,26-29H2,1-5H3,(H,56,57)(H,58,62)(H,59,65)/t31-,32-,45-,46-,47-,48+/m0/s1. The summed E-state index contributed by atoms with van der Waals surface area (Å²) in [6, 6.07) is 29.1. The van der Waals surface area contributed by atoms with E-state index < -0.39 is 18.2 Å². The lowest BCUT2D eigenvalue weighted by Gasteiger charge is -2.32. The van der Waals surface area contributed by atoms with Gasteiger partial charge in [-0.2, -0.15) is 0 Å². The molecule has 3 aliphatic heterocycles. The minimum atomic E-state index is -0.773. The van der Waals surface area contributed by atoms with E-state index in [1.165, 1.54) is 7.11 Å². The Hall–Kier alpha value is -6.60. The van der Waals surface area contributed by atoms with Gasteiger partial charge in [0.2, 0.25) is 17.7 Å². The number of fused-ring (bicyclic) bond motifs is 6. The Morgan fingerprint density at radius 3 is 2.22 bits per heavy atom. The third kappa shape index (κ3) is 8.43. The predicted octanol–water partition coefficient (Wildman–Crippen LogP) is 8.98. The summed E-state index contributed by atoms with van der Waals surface area (Å²) in [5, 5.41) is 10.2. The second-order valence-electron chi connectivity index (χ2n) is 19.5. The molecule has 4 aliphatic rings. The highest BCUT2D eigenvalue weighted by Gasteiger charge is 2.44. The van der Waals surface area contributed by atoms with Gasteiger partial charge in [0.25, 0.3) is 0 Å². The number of likely N-dealkylation sites (tertiary alicyclic amines) is 2. The number of aromatic amines is 1. The van der Waals surface area contributed by atoms with Gasteiger partial charge >= 0.3 is 6.09 Å². The van der Waals surface area contributed by atoms with Crippen LogP contribution in [0.3, 0.4) is 0 Å². The molecule has 6 atom stereocenters. The first-order valence-electron chi connectivity index (χ1n) is 23.8. The molecule has 346 valence electrons. The van der Waals surface area contributed by atoms with Crippen LogP contribution in [0.15, 0.2) is 96.0 Å². The Kier molecular flexibility index (Phi) is 12.0. The van der Waals surface area contributed by atoms with Crippen molar-refractivity contribution in [3.05, 3.63) is 108 Å². The minimum absolute atomic E-state index is 0.0393. The lowest BCUT2D eigenvalue weighted by atomic mass is 9.84. The largest absolute Gasteiger partial charge is 0.453 e. The molecular formula is C54H59N7O6. The number of hydrogen-bond acceptors (Lipinski definition) is 8. The van der Waals surface area contributed by atoms with Crippen molar-refractivity contribution in [1.29, 1.82) is 0 Å². The highest BCUT2D eigenvalue weighted by molar-refractivity contribution is 6.08. The van der Waals surface area contributed by atoms with Gasteiger partial charge in [-0.1, -0.05) is 93.9 Å². The molecule has 1 aliphatic carbocycles. The summed E-state index contributed by atoms with van der Waals surface area (Å²) >= 11 is 0. The minimum Gasteiger partial charge on any atom is -0.453 e. The van der Waals surface area contributed by atoms with Crippen molar-refractivity contribution in [2.45, 2.75) is 83.5 Å². The molecule has 0 unspecified atom stereocenters. The molecule has 1 aromatic heterocycles. The highest BCUT2D eigenvalue weighted by atomic mass is 16.5. The van der Waals surface area contributed by atoms with E-state index in [9.17, 15) is 19.2 Å². The molecular weight excluding hydrogens is 843 g/mol. The van der Waals surface area contributed by atoms with E-state index in [-0.39, 0.29) is 53.5 Å². The first-order valence-corrected chi connectivity index (χ1v) is 23.8. The molecule has 10 rings (SSSR count). The summed E-state index contributed by atoms with van der Waals surface area (Å²) < 4.78 is 10.5. The smallest absolute Gasteiger partial charge is 0.407 e. The van der Waals surface area contributed by atoms with E-state index in [2.05, 4.69) is 83.2 Å². The summed E-state index contributed by atoms with van der Waals surface area (Å²) in [4.78, 5) is 71.8. The highest BCUT2D eigenvalue weighted by Crippen LogP contribution is 2.41. The molecule has 4 amide bonds. The Morgan fingerprint density at radius 2 is 1.52 bits per heavy atom. The van der Waals surface area contributed by atoms with Crippen LogP contribution in [0, 0.1) is 23.7 Å². The molecule has 13 nitrogen and oxygen atoms in total. The van der Waals surface area contributed by atoms with Crippen molar-refractivity contribution >= 4 is 67.8 Å². The first kappa shape index (κ1) is 44.2. The normalized spacial score (nSPS) is 21.4. The molecule has 67 heavy (non-hydrogen) atoms. The third-order valence-corrected chi connectivity index (χ3v) is 14.6. The molecule has 3 fully saturated rings. The van der Waals surface area contributed by atoms with Crippen LogP contribution in [0.5, 0.6) is 0 Å². The average Bonchev–Trinajstić information content (AvgIpc) is 4.13. The quantitative estimate of drug-likeness (QED) is 0.111. The molecule has 1 saturated carbocycles. The average molecular weight is 902 g/mol. The number of amides is 4. The summed E-state index contributed by atoms with van der Waals surface area (Å²) in [6.45, 7) is 7.62. The fourth-order valence-corrected chi connectivity index (χ4v) is 10.9. The number of alkyl carbamates (subject to hydrolysis) is 1. The maximum Gasteiger partial charge on any atom is 0.407 e. The lowest BCUT2D eigenvalue weighted by Crippen LogP contribution is -2.51. The Morgan fingerprint density at radius 1 is 0.806 bits per heavy atom. The Bertz CT molecular complexity index is 2920. The zero-order chi connectivity index (χ0) is 46.5. The molecule has 2 saturated heterocycles. The predicted molar refractivity (Wildman–Crippen MR) is 260 cm³/mol. The number of benzene rings is 5. The molecule has 3 N–H and O–H groups in total. The van der Waals surface area contributed by atoms with Crippen LogP contribution >= 0.6 is 0 Å². The third-order valence-electron chi connectivity index (χ3n) is 14.6. The fraction of sp³-hybridized carbons (Fsp3) is 0.407. The maximum absolute atomic E-state index is 14.7. The van der Waals surface area contributed by atoms with Gasteiger partial charge in [0.1, 0.15) is 17.9 Å². The maximum atomic E-state index is 14.7. The number of nitrogens with zero attached hydrogens (tertiary/aromatic N) is 4. The van der Waals surface area contributed by atoms with Crippen LogP contribution in [-0.2, 0) is 30.3 Å². The first-order chi connectivity index (χ1) is 32.5. The van der Waals surface area contributed by atoms with Crippen molar-refractivity contribution < 1.29 is 28.7 Å². The van der Waals surface area contributed by atoms with Gasteiger partial charge in [-0.3, -0.25) is 19.4 Å². The fourth-order valence-electron chi connectivity index (χ4n) is 10.9. The number of methoxy groups -OCH3 is 2. The van der Waals surface area contributed by atoms with Crippen LogP contribution in [0.25, 0.3) is 43.7 Å². The SMILES string of the molecule is COC[C@H]1C[C@@H](C2=Nc3ccc4cc(-c5ccc6c(ccc7[nH]c([C@@H]8C[C@H](C)CN8C(=O)[C@@H](NC(=O)OC)C(C)C)nc76)c5)ccc4c3C2)N(C(=O)[C@H](NC(=O)C2CCC2)c2ccccc2)C1. The van der Waals surface area contributed by atoms with Gasteiger partial charge in [-0.05, 0) is 100 Å². The van der Waals surface area contributed by atoms with Gasteiger partial charge in [0.15, 0.2) is 0 Å². The number of aromatic nitrogens is 2. The van der Waals surface area contributed by atoms with Gasteiger partial charge in [-0.25, -0.2) is 9.78 Å². The number of aliphatic imine (C=N–C) groups is 1. The van der Waals surface area contributed by atoms with Crippen molar-refractivity contribution in [1.82, 2.24) is 30.4 Å². The van der Waals surface area contributed by atoms with Crippen LogP contribution < -0.4 is 10.6 Å². The van der Waals surface area contributed by atoms with Crippen LogP contribution in [0.1, 0.15) is 81.9 Å². The monoisotopic (exact) mass is 901 g/mol. The van der Waals surface area contributed by atoms with E-state index in [0.717, 1.165) is 104 Å². The molecule has 13 heteroatoms. The Balaban J connectivity index is 0.891. The molecule has 6 aromatic rings. The second kappa shape index (κ2) is 18.2. The summed E-state index contributed by atoms with van der Waals surface area (Å²) in [6.07, 6.45) is 4.28. The summed E-state index contributed by atoms with van der Waals surface area (Å²) in [5.41, 5.74) is 7.78. The lowest BCUT2D eigenvalue weighted by molar-refractivity contribution is -0.138. The molecule has 0 bridgehead atoms. The van der Waals surface area contributed by atoms with Gasteiger partial charge in [-0.15, -0.1) is 0 Å². The summed E-state index contributed by atoms with van der Waals surface area (Å²) in [5.74, 6) is 0.701. The van der Waals surface area contributed by atoms with E-state index in [1.54, 1.807) is 7.11 Å². The summed E-state index contributed by atoms with van der Waals surface area (Å²) in [7, 11) is 3.00. The zero-order valence-corrected chi connectivity index (χ0v) is 38.9. The zero-order valence-electron chi connectivity index (χ0n) is 38.9. The van der Waals surface area contributed by atoms with Crippen molar-refractivity contribution in [2.24, 2.45) is 28.7 Å². The van der Waals surface area contributed by atoms with Crippen molar-refractivity contribution in [3.8, 4) is 11.1 Å². The second-order valence-corrected chi connectivity index (χ2v) is 19.5. The molecule has 4 heterocycles. The number of imidazole rings is 1. The molecule has 0 radical (unpaired) electrons. The van der Waals surface area contributed by atoms with Crippen LogP contribution in [0.4, 0.5) is 10.5 Å². The number of hydrogen-bond donors (Lipinski definition) is 3. The van der Waals surface area contributed by atoms with E-state index in [1.807, 2.05) is 54.0 Å². The van der Waals surface area contributed by atoms with Gasteiger partial charge in [0.05, 0.1) is 42.5 Å². The number of rotatable bonds is 12. The van der Waals surface area contributed by atoms with E-state index in [0.29, 0.717) is 26.1 Å². The van der Waals surface area contributed by atoms with Crippen LogP contribution in [-0.4, -0.2) is 95.3 Å².